The summed E-state index contributed by atoms with van der Waals surface area (Å²) in [4.78, 5) is 15.3. The van der Waals surface area contributed by atoms with Gasteiger partial charge in [-0.05, 0) is 23.1 Å². The number of aromatic nitrogens is 1. The van der Waals surface area contributed by atoms with Crippen LogP contribution in [0.1, 0.15) is 10.5 Å². The maximum atomic E-state index is 11.1. The van der Waals surface area contributed by atoms with Gasteiger partial charge in [0.25, 0.3) is 0 Å². The number of carbonyl (C=O) groups is 1. The third kappa shape index (κ3) is 2.03. The molecule has 0 bridgehead atoms. The molecule has 1 aromatic heterocycles. The van der Waals surface area contributed by atoms with Gasteiger partial charge in [0.1, 0.15) is 11.4 Å². The van der Waals surface area contributed by atoms with Gasteiger partial charge in [-0.15, -0.1) is 0 Å². The van der Waals surface area contributed by atoms with Crippen LogP contribution in [0.4, 0.5) is 0 Å². The molecule has 0 saturated heterocycles. The second-order valence-corrected chi connectivity index (χ2v) is 4.45. The Labute approximate surface area is 116 Å². The summed E-state index contributed by atoms with van der Waals surface area (Å²) in [7, 11) is 1.64. The molecule has 0 aliphatic carbocycles. The molecule has 2 aromatic carbocycles. The lowest BCUT2D eigenvalue weighted by atomic mass is 9.99. The molecule has 0 spiro atoms. The van der Waals surface area contributed by atoms with Crippen LogP contribution in [-0.4, -0.2) is 18.4 Å². The first-order chi connectivity index (χ1) is 9.83. The van der Waals surface area contributed by atoms with E-state index in [1.807, 2.05) is 48.5 Å². The fraction of sp³-hybridized carbons (Fsp3) is 0.0588. The van der Waals surface area contributed by atoms with Crippen LogP contribution in [0.5, 0.6) is 5.75 Å². The Balaban J connectivity index is 2.23. The zero-order chi connectivity index (χ0) is 13.9. The second-order valence-electron chi connectivity index (χ2n) is 4.45. The third-order valence-electron chi connectivity index (χ3n) is 3.34. The molecule has 20 heavy (non-hydrogen) atoms. The third-order valence-corrected chi connectivity index (χ3v) is 3.34. The molecule has 1 heterocycles. The summed E-state index contributed by atoms with van der Waals surface area (Å²) in [6, 6.07) is 15.6. The minimum atomic E-state index is 0.470. The maximum Gasteiger partial charge on any atom is 0.169 e. The van der Waals surface area contributed by atoms with Crippen molar-refractivity contribution in [3.8, 4) is 16.9 Å². The lowest BCUT2D eigenvalue weighted by Gasteiger charge is -2.08. The van der Waals surface area contributed by atoms with Crippen molar-refractivity contribution in [3.05, 3.63) is 60.4 Å². The molecule has 3 heteroatoms. The predicted octanol–water partition coefficient (Wildman–Crippen LogP) is 3.72. The lowest BCUT2D eigenvalue weighted by molar-refractivity contribution is 0.112. The van der Waals surface area contributed by atoms with Gasteiger partial charge in [-0.3, -0.25) is 9.78 Å². The van der Waals surface area contributed by atoms with Crippen molar-refractivity contribution in [3.63, 3.8) is 0 Å². The van der Waals surface area contributed by atoms with Crippen LogP contribution in [0.15, 0.2) is 54.7 Å². The quantitative estimate of drug-likeness (QED) is 0.676. The van der Waals surface area contributed by atoms with Crippen molar-refractivity contribution in [1.82, 2.24) is 4.98 Å². The zero-order valence-electron chi connectivity index (χ0n) is 11.0. The monoisotopic (exact) mass is 263 g/mol. The largest absolute Gasteiger partial charge is 0.497 e. The summed E-state index contributed by atoms with van der Waals surface area (Å²) < 4.78 is 5.17. The average Bonchev–Trinajstić information content (AvgIpc) is 2.54. The number of carbonyl (C=O) groups excluding carboxylic acids is 1. The minimum absolute atomic E-state index is 0.470. The number of rotatable bonds is 3. The van der Waals surface area contributed by atoms with E-state index in [-0.39, 0.29) is 0 Å². The van der Waals surface area contributed by atoms with Gasteiger partial charge in [0.05, 0.1) is 7.11 Å². The lowest BCUT2D eigenvalue weighted by Crippen LogP contribution is -1.92. The average molecular weight is 263 g/mol. The Morgan fingerprint density at radius 2 is 1.70 bits per heavy atom. The van der Waals surface area contributed by atoms with Gasteiger partial charge in [-0.25, -0.2) is 0 Å². The number of fused-ring (bicyclic) bond motifs is 1. The minimum Gasteiger partial charge on any atom is -0.497 e. The topological polar surface area (TPSA) is 39.2 Å². The number of nitrogens with zero attached hydrogens (tertiary/aromatic N) is 1. The highest BCUT2D eigenvalue weighted by Gasteiger charge is 2.08. The fourth-order valence-corrected chi connectivity index (χ4v) is 2.31. The van der Waals surface area contributed by atoms with Crippen molar-refractivity contribution in [2.45, 2.75) is 0 Å². The highest BCUT2D eigenvalue weighted by Crippen LogP contribution is 2.30. The summed E-state index contributed by atoms with van der Waals surface area (Å²) in [5.74, 6) is 0.815. The van der Waals surface area contributed by atoms with Crippen LogP contribution in [0.25, 0.3) is 21.9 Å². The SMILES string of the molecule is COc1ccc(-c2cnc(C=O)c3ccccc23)cc1. The number of aldehydes is 1. The predicted molar refractivity (Wildman–Crippen MR) is 79.1 cm³/mol. The summed E-state index contributed by atoms with van der Waals surface area (Å²) >= 11 is 0. The van der Waals surface area contributed by atoms with E-state index in [1.165, 1.54) is 0 Å². The van der Waals surface area contributed by atoms with Gasteiger partial charge in [-0.1, -0.05) is 36.4 Å². The molecule has 3 aromatic rings. The van der Waals surface area contributed by atoms with E-state index >= 15 is 0 Å². The maximum absolute atomic E-state index is 11.1. The highest BCUT2D eigenvalue weighted by molar-refractivity contribution is 6.03. The van der Waals surface area contributed by atoms with Gasteiger partial charge < -0.3 is 4.74 Å². The summed E-state index contributed by atoms with van der Waals surface area (Å²) in [6.45, 7) is 0. The molecule has 0 unspecified atom stereocenters. The molecule has 0 amide bonds. The molecule has 3 nitrogen and oxygen atoms in total. The highest BCUT2D eigenvalue weighted by atomic mass is 16.5. The first-order valence-electron chi connectivity index (χ1n) is 6.31. The first-order valence-corrected chi connectivity index (χ1v) is 6.31. The smallest absolute Gasteiger partial charge is 0.169 e. The fourth-order valence-electron chi connectivity index (χ4n) is 2.31. The summed E-state index contributed by atoms with van der Waals surface area (Å²) in [6.07, 6.45) is 2.54. The summed E-state index contributed by atoms with van der Waals surface area (Å²) in [5.41, 5.74) is 2.53. The normalized spacial score (nSPS) is 10.4. The Hall–Kier alpha value is -2.68. The molecule has 0 saturated carbocycles. The van der Waals surface area contributed by atoms with Crippen molar-refractivity contribution in [2.24, 2.45) is 0 Å². The number of ether oxygens (including phenoxy) is 1. The van der Waals surface area contributed by atoms with Crippen molar-refractivity contribution in [1.29, 1.82) is 0 Å². The van der Waals surface area contributed by atoms with Crippen LogP contribution in [0, 0.1) is 0 Å². The van der Waals surface area contributed by atoms with Gasteiger partial charge in [0, 0.05) is 17.1 Å². The zero-order valence-corrected chi connectivity index (χ0v) is 11.0. The molecule has 0 aliphatic rings. The van der Waals surface area contributed by atoms with E-state index in [2.05, 4.69) is 4.98 Å². The van der Waals surface area contributed by atoms with E-state index in [1.54, 1.807) is 13.3 Å². The van der Waals surface area contributed by atoms with Crippen molar-refractivity contribution in [2.75, 3.05) is 7.11 Å². The van der Waals surface area contributed by atoms with Gasteiger partial charge >= 0.3 is 0 Å². The Bertz CT molecular complexity index is 764. The van der Waals surface area contributed by atoms with Crippen LogP contribution < -0.4 is 4.74 Å². The molecule has 98 valence electrons. The van der Waals surface area contributed by atoms with E-state index in [0.29, 0.717) is 5.69 Å². The Kier molecular flexibility index (Phi) is 3.17. The molecule has 0 aliphatic heterocycles. The molecule has 0 fully saturated rings. The van der Waals surface area contributed by atoms with E-state index in [9.17, 15) is 4.79 Å². The van der Waals surface area contributed by atoms with Gasteiger partial charge in [0.2, 0.25) is 0 Å². The van der Waals surface area contributed by atoms with Crippen LogP contribution >= 0.6 is 0 Å². The van der Waals surface area contributed by atoms with Gasteiger partial charge in [0.15, 0.2) is 6.29 Å². The Morgan fingerprint density at radius 3 is 2.35 bits per heavy atom. The summed E-state index contributed by atoms with van der Waals surface area (Å²) in [5, 5.41) is 1.89. The van der Waals surface area contributed by atoms with E-state index in [0.717, 1.165) is 33.9 Å². The standard InChI is InChI=1S/C17H13NO2/c1-20-13-8-6-12(7-9-13)16-10-18-17(11-19)15-5-3-2-4-14(15)16/h2-11H,1H3. The number of hydrogen-bond acceptors (Lipinski definition) is 3. The molecule has 0 N–H and O–H groups in total. The molecular formula is C17H13NO2. The molecule has 3 rings (SSSR count). The van der Waals surface area contributed by atoms with Crippen LogP contribution in [0.3, 0.4) is 0 Å². The van der Waals surface area contributed by atoms with Gasteiger partial charge in [-0.2, -0.15) is 0 Å². The van der Waals surface area contributed by atoms with Crippen LogP contribution in [-0.2, 0) is 0 Å². The number of methoxy groups -OCH3 is 1. The van der Waals surface area contributed by atoms with E-state index < -0.39 is 0 Å². The molecule has 0 radical (unpaired) electrons. The number of pyridine rings is 1. The second kappa shape index (κ2) is 5.13. The number of benzene rings is 2. The van der Waals surface area contributed by atoms with E-state index in [4.69, 9.17) is 4.74 Å². The number of hydrogen-bond donors (Lipinski definition) is 0. The van der Waals surface area contributed by atoms with Crippen molar-refractivity contribution < 1.29 is 9.53 Å². The Morgan fingerprint density at radius 1 is 1.00 bits per heavy atom. The first kappa shape index (κ1) is 12.4. The van der Waals surface area contributed by atoms with Crippen LogP contribution in [0.2, 0.25) is 0 Å². The molecular weight excluding hydrogens is 250 g/mol. The molecule has 0 atom stereocenters. The van der Waals surface area contributed by atoms with Crippen molar-refractivity contribution >= 4 is 17.1 Å².